The first kappa shape index (κ1) is 18.2. The highest BCUT2D eigenvalue weighted by molar-refractivity contribution is 7.89. The third-order valence-electron chi connectivity index (χ3n) is 4.35. The van der Waals surface area contributed by atoms with E-state index in [4.69, 9.17) is 0 Å². The summed E-state index contributed by atoms with van der Waals surface area (Å²) in [5.74, 6) is -0.693. The molecule has 3 rings (SSSR count). The van der Waals surface area contributed by atoms with Gasteiger partial charge in [-0.15, -0.1) is 0 Å². The quantitative estimate of drug-likeness (QED) is 0.787. The molecule has 1 aromatic heterocycles. The molecule has 1 aliphatic rings. The molecule has 2 N–H and O–H groups in total. The van der Waals surface area contributed by atoms with E-state index >= 15 is 0 Å². The lowest BCUT2D eigenvalue weighted by atomic mass is 10.0. The van der Waals surface area contributed by atoms with Crippen molar-refractivity contribution in [2.24, 2.45) is 0 Å². The highest BCUT2D eigenvalue weighted by Crippen LogP contribution is 2.30. The number of amides is 1. The average molecular weight is 377 g/mol. The Balaban J connectivity index is 1.89. The van der Waals surface area contributed by atoms with Crippen molar-refractivity contribution in [2.75, 3.05) is 19.4 Å². The number of carbonyl (C=O) groups excluding carboxylic acids is 2. The van der Waals surface area contributed by atoms with Gasteiger partial charge in [-0.1, -0.05) is 0 Å². The van der Waals surface area contributed by atoms with E-state index in [-0.39, 0.29) is 28.5 Å². The summed E-state index contributed by atoms with van der Waals surface area (Å²) in [6.07, 6.45) is 2.25. The summed E-state index contributed by atoms with van der Waals surface area (Å²) in [5.41, 5.74) is 0.466. The first-order chi connectivity index (χ1) is 12.2. The van der Waals surface area contributed by atoms with Crippen LogP contribution >= 0.6 is 0 Å². The first-order valence-electron chi connectivity index (χ1n) is 7.98. The Morgan fingerprint density at radius 1 is 1.31 bits per heavy atom. The van der Waals surface area contributed by atoms with E-state index < -0.39 is 22.0 Å². The molecule has 9 heteroatoms. The minimum Gasteiger partial charge on any atom is -0.506 e. The lowest BCUT2D eigenvalue weighted by Crippen LogP contribution is -2.31. The number of phenolic OH excluding ortho intramolecular Hbond substituents is 1. The molecule has 0 saturated heterocycles. The third-order valence-corrected chi connectivity index (χ3v) is 6.16. The molecular weight excluding hydrogens is 358 g/mol. The molecule has 26 heavy (non-hydrogen) atoms. The normalized spacial score (nSPS) is 17.2. The number of nitrogens with one attached hydrogen (secondary N) is 1. The number of phenols is 1. The van der Waals surface area contributed by atoms with Gasteiger partial charge in [-0.05, 0) is 36.8 Å². The number of carbonyl (C=O) groups is 2. The van der Waals surface area contributed by atoms with Crippen LogP contribution < -0.4 is 5.32 Å². The highest BCUT2D eigenvalue weighted by Gasteiger charge is 2.30. The minimum absolute atomic E-state index is 0.00327. The van der Waals surface area contributed by atoms with Crippen LogP contribution in [0.25, 0.3) is 0 Å². The molecule has 0 fully saturated rings. The third kappa shape index (κ3) is 3.11. The summed E-state index contributed by atoms with van der Waals surface area (Å²) in [7, 11) is -0.911. The van der Waals surface area contributed by atoms with Gasteiger partial charge in [0.15, 0.2) is 5.78 Å². The average Bonchev–Trinajstić information content (AvgIpc) is 3.07. The molecule has 1 aliphatic heterocycles. The Kier molecular flexibility index (Phi) is 4.59. The van der Waals surface area contributed by atoms with Gasteiger partial charge in [0.2, 0.25) is 15.9 Å². The number of rotatable bonds is 4. The van der Waals surface area contributed by atoms with Crippen LogP contribution in [0.1, 0.15) is 29.4 Å². The minimum atomic E-state index is -3.70. The van der Waals surface area contributed by atoms with Crippen molar-refractivity contribution in [1.82, 2.24) is 8.87 Å². The maximum atomic E-state index is 12.7. The largest absolute Gasteiger partial charge is 0.506 e. The summed E-state index contributed by atoms with van der Waals surface area (Å²) >= 11 is 0. The van der Waals surface area contributed by atoms with E-state index in [0.29, 0.717) is 12.1 Å². The van der Waals surface area contributed by atoms with Crippen molar-refractivity contribution in [2.45, 2.75) is 23.8 Å². The van der Waals surface area contributed by atoms with Crippen molar-refractivity contribution < 1.29 is 23.1 Å². The Hall–Kier alpha value is -2.65. The maximum absolute atomic E-state index is 12.7. The van der Waals surface area contributed by atoms with Gasteiger partial charge in [0.25, 0.3) is 0 Å². The van der Waals surface area contributed by atoms with Crippen LogP contribution in [0, 0.1) is 0 Å². The maximum Gasteiger partial charge on any atom is 0.247 e. The molecule has 0 aliphatic carbocycles. The number of benzene rings is 1. The fourth-order valence-electron chi connectivity index (χ4n) is 2.90. The molecule has 1 aromatic carbocycles. The van der Waals surface area contributed by atoms with Gasteiger partial charge in [0.1, 0.15) is 11.8 Å². The Labute approximate surface area is 151 Å². The zero-order chi connectivity index (χ0) is 19.1. The molecule has 8 nitrogen and oxygen atoms in total. The van der Waals surface area contributed by atoms with Crippen LogP contribution in [-0.2, 0) is 14.8 Å². The number of nitrogens with zero attached hydrogens (tertiary/aromatic N) is 2. The summed E-state index contributed by atoms with van der Waals surface area (Å²) in [5, 5.41) is 12.6. The molecule has 0 unspecified atom stereocenters. The first-order valence-corrected chi connectivity index (χ1v) is 9.42. The molecule has 0 spiro atoms. The van der Waals surface area contributed by atoms with Crippen LogP contribution in [0.15, 0.2) is 41.4 Å². The topological polar surface area (TPSA) is 109 Å². The van der Waals surface area contributed by atoms with Crippen LogP contribution in [0.2, 0.25) is 0 Å². The second-order valence-corrected chi connectivity index (χ2v) is 8.39. The molecular formula is C17H19N3O5S. The standard InChI is InChI=1S/C17H19N3O5S/c1-19(2)26(24,25)11-5-7-15(21)12(10-11)18-17(23)14-6-8-16(22)13-4-3-9-20(13)14/h3-5,7,9-10,14,21H,6,8H2,1-2H3,(H,18,23)/t14-/m0/s1. The van der Waals surface area contributed by atoms with Gasteiger partial charge < -0.3 is 15.0 Å². The molecule has 2 aromatic rings. The fraction of sp³-hybridized carbons (Fsp3) is 0.294. The van der Waals surface area contributed by atoms with E-state index in [1.54, 1.807) is 22.9 Å². The van der Waals surface area contributed by atoms with Crippen LogP contribution in [0.5, 0.6) is 5.75 Å². The van der Waals surface area contributed by atoms with Crippen LogP contribution in [-0.4, -0.2) is 48.2 Å². The molecule has 0 radical (unpaired) electrons. The van der Waals surface area contributed by atoms with Crippen molar-refractivity contribution in [3.8, 4) is 5.75 Å². The fourth-order valence-corrected chi connectivity index (χ4v) is 3.83. The number of aromatic nitrogens is 1. The Morgan fingerprint density at radius 3 is 2.73 bits per heavy atom. The van der Waals surface area contributed by atoms with Gasteiger partial charge in [-0.3, -0.25) is 9.59 Å². The van der Waals surface area contributed by atoms with Crippen molar-refractivity contribution in [3.05, 3.63) is 42.2 Å². The van der Waals surface area contributed by atoms with Gasteiger partial charge >= 0.3 is 0 Å². The van der Waals surface area contributed by atoms with E-state index in [1.165, 1.54) is 32.3 Å². The summed E-state index contributed by atoms with van der Waals surface area (Å²) in [6.45, 7) is 0. The zero-order valence-electron chi connectivity index (χ0n) is 14.3. The van der Waals surface area contributed by atoms with Gasteiger partial charge in [-0.25, -0.2) is 12.7 Å². The van der Waals surface area contributed by atoms with E-state index in [1.807, 2.05) is 0 Å². The number of fused-ring (bicyclic) bond motifs is 1. The second kappa shape index (κ2) is 6.58. The number of ketones is 1. The number of hydrogen-bond donors (Lipinski definition) is 2. The van der Waals surface area contributed by atoms with Crippen molar-refractivity contribution in [1.29, 1.82) is 0 Å². The number of anilines is 1. The predicted molar refractivity (Wildman–Crippen MR) is 94.6 cm³/mol. The monoisotopic (exact) mass is 377 g/mol. The molecule has 1 amide bonds. The van der Waals surface area contributed by atoms with Crippen molar-refractivity contribution >= 4 is 27.4 Å². The zero-order valence-corrected chi connectivity index (χ0v) is 15.2. The smallest absolute Gasteiger partial charge is 0.247 e. The SMILES string of the molecule is CN(C)S(=O)(=O)c1ccc(O)c(NC(=O)[C@@H]2CCC(=O)c3cccn32)c1. The number of aromatic hydroxyl groups is 1. The molecule has 1 atom stereocenters. The van der Waals surface area contributed by atoms with Crippen LogP contribution in [0.3, 0.4) is 0 Å². The Morgan fingerprint density at radius 2 is 2.04 bits per heavy atom. The highest BCUT2D eigenvalue weighted by atomic mass is 32.2. The Bertz CT molecular complexity index is 978. The van der Waals surface area contributed by atoms with Gasteiger partial charge in [0, 0.05) is 26.7 Å². The molecule has 2 heterocycles. The lowest BCUT2D eigenvalue weighted by molar-refractivity contribution is -0.119. The van der Waals surface area contributed by atoms with Gasteiger partial charge in [-0.2, -0.15) is 0 Å². The number of Topliss-reactive ketones (excluding diaryl/α,β-unsaturated/α-hetero) is 1. The van der Waals surface area contributed by atoms with E-state index in [2.05, 4.69) is 5.32 Å². The summed E-state index contributed by atoms with van der Waals surface area (Å²) in [6, 6.07) is 6.45. The predicted octanol–water partition coefficient (Wildman–Crippen LogP) is 1.60. The van der Waals surface area contributed by atoms with E-state index in [0.717, 1.165) is 4.31 Å². The number of sulfonamides is 1. The van der Waals surface area contributed by atoms with E-state index in [9.17, 15) is 23.1 Å². The van der Waals surface area contributed by atoms with Gasteiger partial charge in [0.05, 0.1) is 16.3 Å². The molecule has 0 saturated carbocycles. The number of hydrogen-bond acceptors (Lipinski definition) is 5. The second-order valence-electron chi connectivity index (χ2n) is 6.23. The molecule has 138 valence electrons. The summed E-state index contributed by atoms with van der Waals surface area (Å²) in [4.78, 5) is 24.5. The summed E-state index contributed by atoms with van der Waals surface area (Å²) < 4.78 is 27.1. The van der Waals surface area contributed by atoms with Crippen molar-refractivity contribution in [3.63, 3.8) is 0 Å². The van der Waals surface area contributed by atoms with Crippen LogP contribution in [0.4, 0.5) is 5.69 Å². The molecule has 0 bridgehead atoms. The lowest BCUT2D eigenvalue weighted by Gasteiger charge is -2.24.